The lowest BCUT2D eigenvalue weighted by Crippen LogP contribution is -2.45. The second kappa shape index (κ2) is 7.71. The Hall–Kier alpha value is -2.65. The molecular formula is C16H16ClN3O5S. The van der Waals surface area contributed by atoms with Gasteiger partial charge in [-0.3, -0.25) is 19.2 Å². The van der Waals surface area contributed by atoms with E-state index >= 15 is 0 Å². The number of hydrogen-bond donors (Lipinski definition) is 1. The van der Waals surface area contributed by atoms with E-state index < -0.39 is 26.9 Å². The number of nitrogens with zero attached hydrogens (tertiary/aromatic N) is 2. The van der Waals surface area contributed by atoms with Gasteiger partial charge in [-0.05, 0) is 31.2 Å². The number of nitrogens with one attached hydrogen (secondary N) is 1. The standard InChI is InChI=1S/C16H16ClN3O5S/c1-11(16(21)18-13-6-3-5-12(17)9-13)19(26(2,24)25)14-7-4-8-15(10-14)20(22)23/h3-11H,1-2H3,(H,18,21)/t11-/m0/s1. The van der Waals surface area contributed by atoms with Gasteiger partial charge in [0.15, 0.2) is 0 Å². The van der Waals surface area contributed by atoms with Gasteiger partial charge in [0.05, 0.1) is 16.9 Å². The molecule has 2 rings (SSSR count). The van der Waals surface area contributed by atoms with Crippen LogP contribution in [0.5, 0.6) is 0 Å². The van der Waals surface area contributed by atoms with Crippen molar-refractivity contribution in [3.05, 3.63) is 63.7 Å². The summed E-state index contributed by atoms with van der Waals surface area (Å²) in [6.07, 6.45) is 0.926. The molecule has 0 aliphatic heterocycles. The van der Waals surface area contributed by atoms with Crippen molar-refractivity contribution in [3.63, 3.8) is 0 Å². The van der Waals surface area contributed by atoms with Gasteiger partial charge in [0.25, 0.3) is 5.69 Å². The lowest BCUT2D eigenvalue weighted by atomic mass is 10.2. The smallest absolute Gasteiger partial charge is 0.271 e. The highest BCUT2D eigenvalue weighted by Gasteiger charge is 2.30. The van der Waals surface area contributed by atoms with Crippen molar-refractivity contribution in [2.45, 2.75) is 13.0 Å². The number of carbonyl (C=O) groups excluding carboxylic acids is 1. The van der Waals surface area contributed by atoms with Gasteiger partial charge in [-0.25, -0.2) is 8.42 Å². The molecule has 0 radical (unpaired) electrons. The van der Waals surface area contributed by atoms with Crippen LogP contribution in [-0.2, 0) is 14.8 Å². The first-order chi connectivity index (χ1) is 12.1. The summed E-state index contributed by atoms with van der Waals surface area (Å²) in [6.45, 7) is 1.39. The van der Waals surface area contributed by atoms with Crippen molar-refractivity contribution < 1.29 is 18.1 Å². The molecule has 0 heterocycles. The van der Waals surface area contributed by atoms with Crippen molar-refractivity contribution in [3.8, 4) is 0 Å². The van der Waals surface area contributed by atoms with Crippen molar-refractivity contribution >= 4 is 44.6 Å². The van der Waals surface area contributed by atoms with Crippen molar-refractivity contribution in [2.24, 2.45) is 0 Å². The van der Waals surface area contributed by atoms with Crippen LogP contribution in [0.2, 0.25) is 5.02 Å². The van der Waals surface area contributed by atoms with Gasteiger partial charge >= 0.3 is 0 Å². The van der Waals surface area contributed by atoms with E-state index in [1.165, 1.54) is 31.2 Å². The first-order valence-electron chi connectivity index (χ1n) is 7.40. The van der Waals surface area contributed by atoms with E-state index in [0.717, 1.165) is 16.6 Å². The van der Waals surface area contributed by atoms with Crippen LogP contribution in [0, 0.1) is 10.1 Å². The summed E-state index contributed by atoms with van der Waals surface area (Å²) >= 11 is 5.86. The van der Waals surface area contributed by atoms with Gasteiger partial charge < -0.3 is 5.32 Å². The zero-order valence-corrected chi connectivity index (χ0v) is 15.5. The molecular weight excluding hydrogens is 382 g/mol. The molecule has 0 spiro atoms. The van der Waals surface area contributed by atoms with Crippen LogP contribution >= 0.6 is 11.6 Å². The van der Waals surface area contributed by atoms with Crippen LogP contribution in [0.4, 0.5) is 17.1 Å². The Morgan fingerprint density at radius 2 is 1.88 bits per heavy atom. The minimum atomic E-state index is -3.88. The monoisotopic (exact) mass is 397 g/mol. The van der Waals surface area contributed by atoms with Crippen LogP contribution in [0.15, 0.2) is 48.5 Å². The maximum atomic E-state index is 12.5. The zero-order chi connectivity index (χ0) is 19.5. The molecule has 1 N–H and O–H groups in total. The molecule has 0 saturated carbocycles. The molecule has 0 unspecified atom stereocenters. The highest BCUT2D eigenvalue weighted by molar-refractivity contribution is 7.92. The largest absolute Gasteiger partial charge is 0.324 e. The summed E-state index contributed by atoms with van der Waals surface area (Å²) in [7, 11) is -3.88. The first kappa shape index (κ1) is 19.7. The van der Waals surface area contributed by atoms with Gasteiger partial charge in [-0.2, -0.15) is 0 Å². The minimum absolute atomic E-state index is 0.0236. The maximum absolute atomic E-state index is 12.5. The van der Waals surface area contributed by atoms with Gasteiger partial charge in [0, 0.05) is 22.8 Å². The molecule has 2 aromatic carbocycles. The van der Waals surface area contributed by atoms with Crippen molar-refractivity contribution in [2.75, 3.05) is 15.9 Å². The molecule has 8 nitrogen and oxygen atoms in total. The van der Waals surface area contributed by atoms with E-state index in [-0.39, 0.29) is 11.4 Å². The third-order valence-corrected chi connectivity index (χ3v) is 4.95. The normalized spacial score (nSPS) is 12.3. The van der Waals surface area contributed by atoms with Gasteiger partial charge in [0.1, 0.15) is 6.04 Å². The summed E-state index contributed by atoms with van der Waals surface area (Å²) in [6, 6.07) is 10.3. The molecule has 0 aliphatic carbocycles. The molecule has 0 fully saturated rings. The molecule has 0 saturated heterocycles. The number of amides is 1. The van der Waals surface area contributed by atoms with Crippen LogP contribution < -0.4 is 9.62 Å². The number of sulfonamides is 1. The Labute approximate surface area is 155 Å². The number of non-ortho nitro benzene ring substituents is 1. The van der Waals surface area contributed by atoms with E-state index in [0.29, 0.717) is 10.7 Å². The van der Waals surface area contributed by atoms with E-state index in [9.17, 15) is 23.3 Å². The predicted octanol–water partition coefficient (Wildman–Crippen LogP) is 3.04. The zero-order valence-electron chi connectivity index (χ0n) is 13.9. The summed E-state index contributed by atoms with van der Waals surface area (Å²) in [5.41, 5.74) is 0.149. The van der Waals surface area contributed by atoms with E-state index in [1.54, 1.807) is 18.2 Å². The Bertz CT molecular complexity index is 948. The van der Waals surface area contributed by atoms with Gasteiger partial charge in [-0.1, -0.05) is 23.7 Å². The van der Waals surface area contributed by atoms with E-state index in [1.807, 2.05) is 0 Å². The Morgan fingerprint density at radius 3 is 2.46 bits per heavy atom. The Kier molecular flexibility index (Phi) is 5.83. The fourth-order valence-corrected chi connectivity index (χ4v) is 3.72. The third kappa shape index (κ3) is 4.70. The lowest BCUT2D eigenvalue weighted by Gasteiger charge is -2.28. The summed E-state index contributed by atoms with van der Waals surface area (Å²) < 4.78 is 25.3. The van der Waals surface area contributed by atoms with Crippen LogP contribution in [0.1, 0.15) is 6.92 Å². The molecule has 1 atom stereocenters. The molecule has 0 bridgehead atoms. The fourth-order valence-electron chi connectivity index (χ4n) is 2.37. The average Bonchev–Trinajstić information content (AvgIpc) is 2.53. The molecule has 0 aliphatic rings. The van der Waals surface area contributed by atoms with E-state index in [2.05, 4.69) is 5.32 Å². The molecule has 26 heavy (non-hydrogen) atoms. The van der Waals surface area contributed by atoms with Crippen LogP contribution in [-0.4, -0.2) is 31.5 Å². The summed E-state index contributed by atoms with van der Waals surface area (Å²) in [5, 5.41) is 13.9. The molecule has 138 valence electrons. The van der Waals surface area contributed by atoms with Crippen LogP contribution in [0.25, 0.3) is 0 Å². The Balaban J connectivity index is 2.36. The lowest BCUT2D eigenvalue weighted by molar-refractivity contribution is -0.384. The summed E-state index contributed by atoms with van der Waals surface area (Å²) in [5.74, 6) is -0.607. The topological polar surface area (TPSA) is 110 Å². The SMILES string of the molecule is C[C@@H](C(=O)Nc1cccc(Cl)c1)N(c1cccc([N+](=O)[O-])c1)S(C)(=O)=O. The second-order valence-electron chi connectivity index (χ2n) is 5.51. The minimum Gasteiger partial charge on any atom is -0.324 e. The Morgan fingerprint density at radius 1 is 1.23 bits per heavy atom. The molecule has 10 heteroatoms. The maximum Gasteiger partial charge on any atom is 0.271 e. The number of carbonyl (C=O) groups is 1. The highest BCUT2D eigenvalue weighted by atomic mass is 35.5. The molecule has 2 aromatic rings. The highest BCUT2D eigenvalue weighted by Crippen LogP contribution is 2.26. The number of benzene rings is 2. The number of anilines is 2. The first-order valence-corrected chi connectivity index (χ1v) is 9.62. The van der Waals surface area contributed by atoms with Gasteiger partial charge in [-0.15, -0.1) is 0 Å². The summed E-state index contributed by atoms with van der Waals surface area (Å²) in [4.78, 5) is 22.8. The molecule has 0 aromatic heterocycles. The number of halogens is 1. The third-order valence-electron chi connectivity index (χ3n) is 3.48. The predicted molar refractivity (Wildman–Crippen MR) is 100.0 cm³/mol. The van der Waals surface area contributed by atoms with Crippen LogP contribution in [0.3, 0.4) is 0 Å². The second-order valence-corrected chi connectivity index (χ2v) is 7.81. The fraction of sp³-hybridized carbons (Fsp3) is 0.188. The quantitative estimate of drug-likeness (QED) is 0.595. The number of nitro benzene ring substituents is 1. The van der Waals surface area contributed by atoms with Crippen molar-refractivity contribution in [1.82, 2.24) is 0 Å². The van der Waals surface area contributed by atoms with Crippen molar-refractivity contribution in [1.29, 1.82) is 0 Å². The van der Waals surface area contributed by atoms with E-state index in [4.69, 9.17) is 11.6 Å². The molecule has 1 amide bonds. The average molecular weight is 398 g/mol. The number of nitro groups is 1. The van der Waals surface area contributed by atoms with Gasteiger partial charge in [0.2, 0.25) is 15.9 Å². The number of hydrogen-bond acceptors (Lipinski definition) is 5. The number of rotatable bonds is 6.